The SMILES string of the molecule is COc1cc(Nc2ncc(Cl)c(Nc3cccnc3-c3ccccn3)n2)cc2c1OCO2. The van der Waals surface area contributed by atoms with Gasteiger partial charge in [0.05, 0.1) is 24.7 Å². The van der Waals surface area contributed by atoms with Crippen molar-refractivity contribution in [1.29, 1.82) is 0 Å². The van der Waals surface area contributed by atoms with Crippen LogP contribution in [0.4, 0.5) is 23.1 Å². The number of rotatable bonds is 6. The zero-order valence-corrected chi connectivity index (χ0v) is 17.6. The Labute approximate surface area is 188 Å². The van der Waals surface area contributed by atoms with Crippen molar-refractivity contribution >= 4 is 34.7 Å². The van der Waals surface area contributed by atoms with E-state index in [0.29, 0.717) is 51.1 Å². The fraction of sp³-hybridized carbons (Fsp3) is 0.0909. The molecule has 0 radical (unpaired) electrons. The van der Waals surface area contributed by atoms with E-state index in [-0.39, 0.29) is 6.79 Å². The van der Waals surface area contributed by atoms with E-state index in [9.17, 15) is 0 Å². The molecule has 32 heavy (non-hydrogen) atoms. The summed E-state index contributed by atoms with van der Waals surface area (Å²) in [5.41, 5.74) is 2.79. The second kappa shape index (κ2) is 8.56. The standard InChI is InChI=1S/C22H17ClN6O3/c1-30-17-9-13(10-18-20(17)32-12-31-18)27-22-26-11-14(23)21(29-22)28-16-6-4-8-25-19(16)15-5-2-3-7-24-15/h2-11H,12H2,1H3,(H2,26,27,28,29). The van der Waals surface area contributed by atoms with E-state index in [2.05, 4.69) is 30.6 Å². The molecule has 10 heteroatoms. The molecule has 0 bridgehead atoms. The smallest absolute Gasteiger partial charge is 0.231 e. The van der Waals surface area contributed by atoms with Crippen LogP contribution in [0, 0.1) is 0 Å². The van der Waals surface area contributed by atoms with Gasteiger partial charge in [0.25, 0.3) is 0 Å². The highest BCUT2D eigenvalue weighted by molar-refractivity contribution is 6.33. The van der Waals surface area contributed by atoms with Gasteiger partial charge >= 0.3 is 0 Å². The van der Waals surface area contributed by atoms with Crippen molar-refractivity contribution in [2.24, 2.45) is 0 Å². The molecule has 5 rings (SSSR count). The van der Waals surface area contributed by atoms with Gasteiger partial charge in [-0.2, -0.15) is 4.98 Å². The average molecular weight is 449 g/mol. The van der Waals surface area contributed by atoms with Crippen LogP contribution in [0.25, 0.3) is 11.4 Å². The molecule has 0 fully saturated rings. The quantitative estimate of drug-likeness (QED) is 0.430. The van der Waals surface area contributed by atoms with Crippen LogP contribution in [0.5, 0.6) is 17.2 Å². The van der Waals surface area contributed by atoms with Gasteiger partial charge in [0.15, 0.2) is 17.3 Å². The molecule has 0 saturated heterocycles. The van der Waals surface area contributed by atoms with E-state index in [1.54, 1.807) is 31.6 Å². The lowest BCUT2D eigenvalue weighted by Gasteiger charge is -2.13. The third-order valence-corrected chi connectivity index (χ3v) is 4.90. The number of benzene rings is 1. The van der Waals surface area contributed by atoms with E-state index >= 15 is 0 Å². The monoisotopic (exact) mass is 448 g/mol. The number of hydrogen-bond donors (Lipinski definition) is 2. The Kier molecular flexibility index (Phi) is 5.30. The molecular weight excluding hydrogens is 432 g/mol. The third kappa shape index (κ3) is 3.93. The molecular formula is C22H17ClN6O3. The zero-order chi connectivity index (χ0) is 21.9. The highest BCUT2D eigenvalue weighted by Gasteiger charge is 2.20. The molecule has 0 unspecified atom stereocenters. The Bertz CT molecular complexity index is 1270. The summed E-state index contributed by atoms with van der Waals surface area (Å²) in [4.78, 5) is 17.6. The number of nitrogens with zero attached hydrogens (tertiary/aromatic N) is 4. The van der Waals surface area contributed by atoms with Crippen LogP contribution in [0.2, 0.25) is 5.02 Å². The molecule has 2 N–H and O–H groups in total. The fourth-order valence-electron chi connectivity index (χ4n) is 3.19. The van der Waals surface area contributed by atoms with Gasteiger partial charge in [-0.25, -0.2) is 4.98 Å². The first kappa shape index (κ1) is 19.8. The minimum absolute atomic E-state index is 0.143. The number of hydrogen-bond acceptors (Lipinski definition) is 9. The molecule has 1 aromatic carbocycles. The Hall–Kier alpha value is -4.11. The van der Waals surface area contributed by atoms with Gasteiger partial charge in [-0.3, -0.25) is 9.97 Å². The lowest BCUT2D eigenvalue weighted by Crippen LogP contribution is -2.03. The van der Waals surface area contributed by atoms with Gasteiger partial charge in [-0.1, -0.05) is 17.7 Å². The number of anilines is 4. The summed E-state index contributed by atoms with van der Waals surface area (Å²) in [6, 6.07) is 12.9. The van der Waals surface area contributed by atoms with Crippen molar-refractivity contribution in [3.8, 4) is 28.6 Å². The molecule has 1 aliphatic heterocycles. The zero-order valence-electron chi connectivity index (χ0n) is 16.9. The van der Waals surface area contributed by atoms with E-state index in [1.807, 2.05) is 30.3 Å². The van der Waals surface area contributed by atoms with Crippen LogP contribution >= 0.6 is 11.6 Å². The Morgan fingerprint density at radius 3 is 2.75 bits per heavy atom. The normalized spacial score (nSPS) is 11.8. The van der Waals surface area contributed by atoms with Crippen LogP contribution in [0.1, 0.15) is 0 Å². The van der Waals surface area contributed by atoms with Gasteiger partial charge in [-0.15, -0.1) is 0 Å². The van der Waals surface area contributed by atoms with Crippen molar-refractivity contribution in [3.05, 3.63) is 66.1 Å². The number of aromatic nitrogens is 4. The van der Waals surface area contributed by atoms with Gasteiger partial charge in [0, 0.05) is 30.2 Å². The number of ether oxygens (including phenoxy) is 3. The van der Waals surface area contributed by atoms with E-state index < -0.39 is 0 Å². The first-order chi connectivity index (χ1) is 15.7. The molecule has 4 aromatic rings. The van der Waals surface area contributed by atoms with Crippen LogP contribution in [-0.4, -0.2) is 33.8 Å². The minimum atomic E-state index is 0.143. The van der Waals surface area contributed by atoms with Gasteiger partial charge < -0.3 is 24.8 Å². The molecule has 0 aliphatic carbocycles. The van der Waals surface area contributed by atoms with Gasteiger partial charge in [0.1, 0.15) is 10.7 Å². The second-order valence-electron chi connectivity index (χ2n) is 6.67. The lowest BCUT2D eigenvalue weighted by atomic mass is 10.2. The summed E-state index contributed by atoms with van der Waals surface area (Å²) in [5.74, 6) is 2.44. The molecule has 0 atom stereocenters. The number of nitrogens with one attached hydrogen (secondary N) is 2. The minimum Gasteiger partial charge on any atom is -0.493 e. The van der Waals surface area contributed by atoms with Crippen molar-refractivity contribution in [3.63, 3.8) is 0 Å². The number of halogens is 1. The topological polar surface area (TPSA) is 103 Å². The summed E-state index contributed by atoms with van der Waals surface area (Å²) in [7, 11) is 1.56. The number of methoxy groups -OCH3 is 1. The Morgan fingerprint density at radius 1 is 1.00 bits per heavy atom. The van der Waals surface area contributed by atoms with Crippen LogP contribution < -0.4 is 24.8 Å². The van der Waals surface area contributed by atoms with E-state index in [0.717, 1.165) is 5.69 Å². The Morgan fingerprint density at radius 2 is 1.91 bits per heavy atom. The third-order valence-electron chi connectivity index (χ3n) is 4.63. The maximum atomic E-state index is 6.36. The van der Waals surface area contributed by atoms with Crippen LogP contribution in [-0.2, 0) is 0 Å². The summed E-state index contributed by atoms with van der Waals surface area (Å²) >= 11 is 6.36. The first-order valence-corrected chi connectivity index (χ1v) is 9.99. The molecule has 9 nitrogen and oxygen atoms in total. The van der Waals surface area contributed by atoms with Gasteiger partial charge in [0.2, 0.25) is 18.5 Å². The van der Waals surface area contributed by atoms with E-state index in [1.165, 1.54) is 6.20 Å². The molecule has 0 saturated carbocycles. The number of fused-ring (bicyclic) bond motifs is 1. The fourth-order valence-corrected chi connectivity index (χ4v) is 3.32. The molecule has 160 valence electrons. The number of pyridine rings is 2. The summed E-state index contributed by atoms with van der Waals surface area (Å²) < 4.78 is 16.3. The van der Waals surface area contributed by atoms with Gasteiger partial charge in [-0.05, 0) is 24.3 Å². The second-order valence-corrected chi connectivity index (χ2v) is 7.07. The Balaban J connectivity index is 1.44. The van der Waals surface area contributed by atoms with Crippen molar-refractivity contribution < 1.29 is 14.2 Å². The molecule has 3 aromatic heterocycles. The summed E-state index contributed by atoms with van der Waals surface area (Å²) in [5, 5.41) is 6.73. The van der Waals surface area contributed by atoms with Crippen molar-refractivity contribution in [2.75, 3.05) is 24.5 Å². The maximum Gasteiger partial charge on any atom is 0.231 e. The summed E-state index contributed by atoms with van der Waals surface area (Å²) in [6.45, 7) is 0.143. The molecule has 0 amide bonds. The molecule has 4 heterocycles. The van der Waals surface area contributed by atoms with Crippen LogP contribution in [0.3, 0.4) is 0 Å². The van der Waals surface area contributed by atoms with E-state index in [4.69, 9.17) is 25.8 Å². The van der Waals surface area contributed by atoms with Crippen molar-refractivity contribution in [1.82, 2.24) is 19.9 Å². The maximum absolute atomic E-state index is 6.36. The summed E-state index contributed by atoms with van der Waals surface area (Å²) in [6.07, 6.45) is 4.93. The first-order valence-electron chi connectivity index (χ1n) is 9.62. The predicted octanol–water partition coefficient (Wildman–Crippen LogP) is 4.81. The molecule has 0 spiro atoms. The average Bonchev–Trinajstić information content (AvgIpc) is 3.30. The highest BCUT2D eigenvalue weighted by Crippen LogP contribution is 2.43. The van der Waals surface area contributed by atoms with Crippen LogP contribution in [0.15, 0.2) is 61.1 Å². The largest absolute Gasteiger partial charge is 0.493 e. The predicted molar refractivity (Wildman–Crippen MR) is 120 cm³/mol. The highest BCUT2D eigenvalue weighted by atomic mass is 35.5. The van der Waals surface area contributed by atoms with Crippen molar-refractivity contribution in [2.45, 2.75) is 0 Å². The molecule has 1 aliphatic rings. The lowest BCUT2D eigenvalue weighted by molar-refractivity contribution is 0.171.